The fraction of sp³-hybridized carbons (Fsp3) is 0.636. The van der Waals surface area contributed by atoms with Gasteiger partial charge in [0.15, 0.2) is 0 Å². The number of benzene rings is 1. The molecular weight excluding hydrogens is 491 g/mol. The number of nitrogens with zero attached hydrogens (tertiary/aromatic N) is 2. The molecule has 1 heterocycles. The molecule has 2 amide bonds. The molecule has 3 atom stereocenters. The zero-order valence-electron chi connectivity index (χ0n) is 20.1. The highest BCUT2D eigenvalue weighted by Gasteiger charge is 2.32. The van der Waals surface area contributed by atoms with Crippen LogP contribution in [0.15, 0.2) is 18.2 Å². The number of halogens is 3. The Morgan fingerprint density at radius 3 is 2.60 bits per heavy atom. The van der Waals surface area contributed by atoms with E-state index in [1.807, 2.05) is 6.92 Å². The summed E-state index contributed by atoms with van der Waals surface area (Å²) >= 11 is 0. The van der Waals surface area contributed by atoms with Crippen LogP contribution in [0.25, 0.3) is 0 Å². The van der Waals surface area contributed by atoms with Crippen LogP contribution in [-0.2, 0) is 26.0 Å². The van der Waals surface area contributed by atoms with E-state index in [0.29, 0.717) is 11.3 Å². The molecular formula is C22H32F3N3O6S. The number of anilines is 1. The highest BCUT2D eigenvalue weighted by Crippen LogP contribution is 2.30. The number of aliphatic hydroxyl groups is 1. The molecule has 0 unspecified atom stereocenters. The number of fused-ring (bicyclic) bond motifs is 1. The third-order valence-corrected chi connectivity index (χ3v) is 7.12. The highest BCUT2D eigenvalue weighted by molar-refractivity contribution is 7.88. The van der Waals surface area contributed by atoms with Crippen LogP contribution >= 0.6 is 0 Å². The molecule has 0 spiro atoms. The Morgan fingerprint density at radius 1 is 1.37 bits per heavy atom. The zero-order valence-corrected chi connectivity index (χ0v) is 20.9. The lowest BCUT2D eigenvalue weighted by atomic mass is 10.0. The summed E-state index contributed by atoms with van der Waals surface area (Å²) in [5.41, 5.74) is 0.575. The average Bonchev–Trinajstić information content (AvgIpc) is 2.79. The maximum absolute atomic E-state index is 13.1. The molecule has 0 aliphatic carbocycles. The first kappa shape index (κ1) is 28.9. The van der Waals surface area contributed by atoms with E-state index in [9.17, 15) is 36.3 Å². The number of nitrogens with one attached hydrogen (secondary N) is 1. The number of alkyl halides is 3. The number of rotatable bonds is 8. The first-order valence-corrected chi connectivity index (χ1v) is 12.9. The summed E-state index contributed by atoms with van der Waals surface area (Å²) in [4.78, 5) is 26.5. The molecule has 9 nitrogen and oxygen atoms in total. The summed E-state index contributed by atoms with van der Waals surface area (Å²) in [6.07, 6.45) is -6.19. The second-order valence-corrected chi connectivity index (χ2v) is 11.0. The average molecular weight is 524 g/mol. The van der Waals surface area contributed by atoms with Crippen LogP contribution in [0, 0.1) is 5.92 Å². The minimum absolute atomic E-state index is 0.00487. The highest BCUT2D eigenvalue weighted by atomic mass is 32.2. The van der Waals surface area contributed by atoms with Gasteiger partial charge in [0, 0.05) is 37.2 Å². The minimum Gasteiger partial charge on any atom is -0.488 e. The van der Waals surface area contributed by atoms with E-state index in [1.54, 1.807) is 6.92 Å². The van der Waals surface area contributed by atoms with Crippen molar-refractivity contribution in [1.82, 2.24) is 9.21 Å². The first-order chi connectivity index (χ1) is 16.1. The number of likely N-dealkylation sites (N-methyl/N-ethyl adjacent to an activating group) is 1. The molecule has 0 bridgehead atoms. The summed E-state index contributed by atoms with van der Waals surface area (Å²) in [5.74, 6) is -1.16. The number of ether oxygens (including phenoxy) is 1. The summed E-state index contributed by atoms with van der Waals surface area (Å²) in [5, 5.41) is 12.0. The zero-order chi connectivity index (χ0) is 26.6. The smallest absolute Gasteiger partial charge is 0.389 e. The van der Waals surface area contributed by atoms with Gasteiger partial charge in [-0.2, -0.15) is 13.2 Å². The molecule has 198 valence electrons. The largest absolute Gasteiger partial charge is 0.488 e. The Hall–Kier alpha value is -2.38. The second kappa shape index (κ2) is 11.6. The molecule has 0 saturated heterocycles. The number of carbonyl (C=O) groups is 2. The van der Waals surface area contributed by atoms with Gasteiger partial charge in [0.2, 0.25) is 21.8 Å². The number of carbonyl (C=O) groups excluding carboxylic acids is 2. The third-order valence-electron chi connectivity index (χ3n) is 5.84. The van der Waals surface area contributed by atoms with Crippen molar-refractivity contribution < 1.29 is 41.0 Å². The van der Waals surface area contributed by atoms with Crippen molar-refractivity contribution in [2.45, 2.75) is 51.4 Å². The van der Waals surface area contributed by atoms with Crippen molar-refractivity contribution in [2.24, 2.45) is 5.92 Å². The summed E-state index contributed by atoms with van der Waals surface area (Å²) in [6, 6.07) is 3.88. The van der Waals surface area contributed by atoms with E-state index in [-0.39, 0.29) is 43.6 Å². The Kier molecular flexibility index (Phi) is 9.54. The predicted molar refractivity (Wildman–Crippen MR) is 123 cm³/mol. The molecule has 0 fully saturated rings. The van der Waals surface area contributed by atoms with Gasteiger partial charge in [-0.25, -0.2) is 12.7 Å². The van der Waals surface area contributed by atoms with Crippen molar-refractivity contribution in [3.8, 4) is 5.75 Å². The van der Waals surface area contributed by atoms with Gasteiger partial charge >= 0.3 is 6.18 Å². The van der Waals surface area contributed by atoms with Gasteiger partial charge in [-0.1, -0.05) is 6.92 Å². The Labute approximate surface area is 203 Å². The van der Waals surface area contributed by atoms with E-state index < -0.39 is 47.1 Å². The van der Waals surface area contributed by atoms with Gasteiger partial charge in [0.1, 0.15) is 11.9 Å². The van der Waals surface area contributed by atoms with Crippen LogP contribution in [0.4, 0.5) is 18.9 Å². The summed E-state index contributed by atoms with van der Waals surface area (Å²) in [6.45, 7) is 3.42. The van der Waals surface area contributed by atoms with Crippen LogP contribution in [-0.4, -0.2) is 85.9 Å². The van der Waals surface area contributed by atoms with Gasteiger partial charge in [-0.3, -0.25) is 9.59 Å². The van der Waals surface area contributed by atoms with E-state index in [2.05, 4.69) is 5.32 Å². The monoisotopic (exact) mass is 523 g/mol. The molecule has 13 heteroatoms. The topological polar surface area (TPSA) is 116 Å². The molecule has 1 aromatic rings. The lowest BCUT2D eigenvalue weighted by molar-refractivity contribution is -0.142. The summed E-state index contributed by atoms with van der Waals surface area (Å²) < 4.78 is 68.5. The van der Waals surface area contributed by atoms with Gasteiger partial charge in [0.05, 0.1) is 38.3 Å². The lowest BCUT2D eigenvalue weighted by Gasteiger charge is -2.33. The molecule has 0 radical (unpaired) electrons. The molecule has 1 aliphatic heterocycles. The molecule has 1 aliphatic rings. The molecule has 2 N–H and O–H groups in total. The van der Waals surface area contributed by atoms with Crippen molar-refractivity contribution in [3.63, 3.8) is 0 Å². The van der Waals surface area contributed by atoms with E-state index in [1.165, 1.54) is 30.1 Å². The number of amides is 2. The number of hydrogen-bond acceptors (Lipinski definition) is 6. The maximum Gasteiger partial charge on any atom is 0.389 e. The van der Waals surface area contributed by atoms with Crippen LogP contribution in [0.3, 0.4) is 0 Å². The second-order valence-electron chi connectivity index (χ2n) is 8.92. The number of sulfonamides is 1. The summed E-state index contributed by atoms with van der Waals surface area (Å²) in [7, 11) is -2.09. The van der Waals surface area contributed by atoms with Gasteiger partial charge in [-0.15, -0.1) is 0 Å². The number of hydrogen-bond donors (Lipinski definition) is 2. The molecule has 2 rings (SSSR count). The van der Waals surface area contributed by atoms with Crippen LogP contribution < -0.4 is 10.1 Å². The van der Waals surface area contributed by atoms with E-state index in [0.717, 1.165) is 10.6 Å². The SMILES string of the molecule is C[C@@H]1CN([C@@H](C)CO)C(=O)Cc2cc(NC(=O)CCC(F)(F)F)ccc2O[C@@H]1CN(C)S(C)(=O)=O. The predicted octanol–water partition coefficient (Wildman–Crippen LogP) is 2.01. The van der Waals surface area contributed by atoms with Crippen LogP contribution in [0.5, 0.6) is 5.75 Å². The molecule has 35 heavy (non-hydrogen) atoms. The van der Waals surface area contributed by atoms with Gasteiger partial charge in [0.25, 0.3) is 0 Å². The Balaban J connectivity index is 2.38. The van der Waals surface area contributed by atoms with Crippen molar-refractivity contribution >= 4 is 27.5 Å². The number of aliphatic hydroxyl groups excluding tert-OH is 1. The van der Waals surface area contributed by atoms with Crippen LogP contribution in [0.2, 0.25) is 0 Å². The molecule has 0 aromatic heterocycles. The molecule has 0 saturated carbocycles. The fourth-order valence-electron chi connectivity index (χ4n) is 3.59. The molecule has 1 aromatic carbocycles. The fourth-order valence-corrected chi connectivity index (χ4v) is 4.01. The van der Waals surface area contributed by atoms with Crippen molar-refractivity contribution in [3.05, 3.63) is 23.8 Å². The maximum atomic E-state index is 13.1. The Morgan fingerprint density at radius 2 is 2.03 bits per heavy atom. The minimum atomic E-state index is -4.46. The van der Waals surface area contributed by atoms with Crippen molar-refractivity contribution in [1.29, 1.82) is 0 Å². The Bertz CT molecular complexity index is 1020. The lowest BCUT2D eigenvalue weighted by Crippen LogP contribution is -2.48. The first-order valence-electron chi connectivity index (χ1n) is 11.1. The third kappa shape index (κ3) is 8.65. The van der Waals surface area contributed by atoms with E-state index >= 15 is 0 Å². The van der Waals surface area contributed by atoms with Gasteiger partial charge in [-0.05, 0) is 25.1 Å². The van der Waals surface area contributed by atoms with Gasteiger partial charge < -0.3 is 20.1 Å². The normalized spacial score (nSPS) is 20.4. The quantitative estimate of drug-likeness (QED) is 0.539. The van der Waals surface area contributed by atoms with Crippen LogP contribution in [0.1, 0.15) is 32.3 Å². The van der Waals surface area contributed by atoms with Crippen molar-refractivity contribution in [2.75, 3.05) is 38.3 Å². The standard InChI is InChI=1S/C22H32F3N3O6S/c1-14-11-28(15(2)13-29)21(31)10-16-9-17(26-20(30)7-8-22(23,24)25)5-6-18(16)34-19(14)12-27(3)35(4,32)33/h5-6,9,14-15,19,29H,7-8,10-13H2,1-4H3,(H,26,30)/t14-,15+,19-/m1/s1. The van der Waals surface area contributed by atoms with E-state index in [4.69, 9.17) is 4.74 Å².